The Kier molecular flexibility index (Phi) is 13.2. The fourth-order valence-electron chi connectivity index (χ4n) is 11.4. The molecule has 0 bridgehead atoms. The number of benzene rings is 7. The number of aliphatic carboxylic acids is 1. The number of rotatable bonds is 17. The molecule has 1 saturated heterocycles. The molecule has 10 rings (SSSR count). The van der Waals surface area contributed by atoms with Gasteiger partial charge in [0.2, 0.25) is 5.91 Å². The van der Waals surface area contributed by atoms with Crippen molar-refractivity contribution in [3.63, 3.8) is 0 Å². The summed E-state index contributed by atoms with van der Waals surface area (Å²) in [6, 6.07) is 59.7. The molecule has 11 heteroatoms. The van der Waals surface area contributed by atoms with Crippen LogP contribution in [0.15, 0.2) is 188 Å². The lowest BCUT2D eigenvalue weighted by Crippen LogP contribution is -2.60. The largest absolute Gasteiger partial charge is 0.480 e. The van der Waals surface area contributed by atoms with E-state index in [0.29, 0.717) is 0 Å². The SMILES string of the molecule is COC(OC)(OC(c1ccccc1)(c1ccccc1)c1ccccc1)C1CC(O)CN1C(=O)CC[C@](CC1c2ccccc2-c2ccccc21)(NC(=O)OCC1c2ccccc2-c2ccccc21)C(=O)O. The molecule has 0 saturated carbocycles. The van der Waals surface area contributed by atoms with Crippen molar-refractivity contribution in [3.8, 4) is 22.3 Å². The highest BCUT2D eigenvalue weighted by Gasteiger charge is 2.57. The summed E-state index contributed by atoms with van der Waals surface area (Å²) >= 11 is 0. The Morgan fingerprint density at radius 3 is 1.42 bits per heavy atom. The molecule has 0 aromatic heterocycles. The maximum atomic E-state index is 15.1. The predicted molar refractivity (Wildman–Crippen MR) is 269 cm³/mol. The number of β-amino-alcohol motifs (C(OH)–C–C–N with tert-alkyl or cyclic N) is 1. The van der Waals surface area contributed by atoms with Gasteiger partial charge in [-0.3, -0.25) is 4.79 Å². The molecule has 3 aliphatic rings. The molecule has 1 aliphatic heterocycles. The normalized spacial score (nSPS) is 17.1. The smallest absolute Gasteiger partial charge is 0.408 e. The molecule has 3 N–H and O–H groups in total. The van der Waals surface area contributed by atoms with E-state index in [9.17, 15) is 19.8 Å². The molecular formula is C60H56N2O9. The molecule has 7 aromatic carbocycles. The van der Waals surface area contributed by atoms with E-state index in [1.165, 1.54) is 19.1 Å². The van der Waals surface area contributed by atoms with Gasteiger partial charge in [-0.1, -0.05) is 188 Å². The minimum absolute atomic E-state index is 0.0135. The number of carbonyl (C=O) groups is 3. The number of carbonyl (C=O) groups excluding carboxylic acids is 2. The van der Waals surface area contributed by atoms with Gasteiger partial charge >= 0.3 is 18.0 Å². The van der Waals surface area contributed by atoms with Crippen LogP contribution >= 0.6 is 0 Å². The van der Waals surface area contributed by atoms with Crippen LogP contribution in [0.4, 0.5) is 4.79 Å². The molecule has 2 aliphatic carbocycles. The van der Waals surface area contributed by atoms with Crippen LogP contribution in [0.5, 0.6) is 0 Å². The molecule has 2 unspecified atom stereocenters. The third-order valence-corrected chi connectivity index (χ3v) is 14.8. The third kappa shape index (κ3) is 8.59. The highest BCUT2D eigenvalue weighted by Crippen LogP contribution is 2.50. The van der Waals surface area contributed by atoms with Crippen LogP contribution < -0.4 is 5.32 Å². The van der Waals surface area contributed by atoms with Gasteiger partial charge in [0.15, 0.2) is 0 Å². The lowest BCUT2D eigenvalue weighted by atomic mass is 9.79. The Hall–Kier alpha value is -7.41. The summed E-state index contributed by atoms with van der Waals surface area (Å²) in [7, 11) is 2.88. The number of hydrogen-bond donors (Lipinski definition) is 3. The third-order valence-electron chi connectivity index (χ3n) is 14.8. The topological polar surface area (TPSA) is 144 Å². The number of aliphatic hydroxyl groups excluding tert-OH is 1. The molecule has 1 fully saturated rings. The first-order chi connectivity index (χ1) is 34.6. The summed E-state index contributed by atoms with van der Waals surface area (Å²) in [6.07, 6.45) is -2.66. The van der Waals surface area contributed by atoms with Gasteiger partial charge in [-0.25, -0.2) is 9.59 Å². The Balaban J connectivity index is 0.981. The number of amides is 2. The minimum atomic E-state index is -2.01. The first-order valence-electron chi connectivity index (χ1n) is 24.1. The summed E-state index contributed by atoms with van der Waals surface area (Å²) in [6.45, 7) is -0.150. The van der Waals surface area contributed by atoms with Crippen LogP contribution in [0.3, 0.4) is 0 Å². The number of fused-ring (bicyclic) bond motifs is 6. The summed E-state index contributed by atoms with van der Waals surface area (Å²) in [4.78, 5) is 45.0. The highest BCUT2D eigenvalue weighted by molar-refractivity contribution is 5.87. The van der Waals surface area contributed by atoms with E-state index in [1.807, 2.05) is 188 Å². The number of ether oxygens (including phenoxy) is 4. The molecular weight excluding hydrogens is 893 g/mol. The van der Waals surface area contributed by atoms with Crippen molar-refractivity contribution in [1.29, 1.82) is 0 Å². The number of methoxy groups -OCH3 is 2. The first-order valence-corrected chi connectivity index (χ1v) is 24.1. The second-order valence-corrected chi connectivity index (χ2v) is 18.6. The van der Waals surface area contributed by atoms with E-state index in [-0.39, 0.29) is 44.8 Å². The van der Waals surface area contributed by atoms with Crippen LogP contribution in [0.2, 0.25) is 0 Å². The van der Waals surface area contributed by atoms with Gasteiger partial charge in [0.05, 0.1) is 6.10 Å². The van der Waals surface area contributed by atoms with Gasteiger partial charge in [0.25, 0.3) is 0 Å². The average molecular weight is 949 g/mol. The number of likely N-dealkylation sites (tertiary alicyclic amines) is 1. The van der Waals surface area contributed by atoms with Crippen molar-refractivity contribution in [2.24, 2.45) is 0 Å². The summed E-state index contributed by atoms with van der Waals surface area (Å²) < 4.78 is 26.0. The zero-order chi connectivity index (χ0) is 49.2. The molecule has 0 radical (unpaired) electrons. The molecule has 3 atom stereocenters. The quantitative estimate of drug-likeness (QED) is 0.0600. The van der Waals surface area contributed by atoms with Gasteiger partial charge in [0.1, 0.15) is 23.8 Å². The van der Waals surface area contributed by atoms with Crippen LogP contribution in [0, 0.1) is 0 Å². The van der Waals surface area contributed by atoms with Crippen molar-refractivity contribution < 1.29 is 43.5 Å². The lowest BCUT2D eigenvalue weighted by molar-refractivity contribution is -0.405. The number of alkyl carbamates (subject to hydrolysis) is 1. The predicted octanol–water partition coefficient (Wildman–Crippen LogP) is 10.2. The second-order valence-electron chi connectivity index (χ2n) is 18.6. The van der Waals surface area contributed by atoms with Gasteiger partial charge in [-0.2, -0.15) is 0 Å². The molecule has 0 spiro atoms. The molecule has 1 heterocycles. The van der Waals surface area contributed by atoms with Crippen molar-refractivity contribution in [3.05, 3.63) is 227 Å². The molecule has 11 nitrogen and oxygen atoms in total. The fraction of sp³-hybridized carbons (Fsp3) is 0.250. The van der Waals surface area contributed by atoms with Crippen LogP contribution in [0.25, 0.3) is 22.3 Å². The number of carboxylic acids is 1. The Bertz CT molecular complexity index is 2850. The van der Waals surface area contributed by atoms with Gasteiger partial charge in [0, 0.05) is 45.4 Å². The highest BCUT2D eigenvalue weighted by atomic mass is 16.9. The second kappa shape index (κ2) is 19.8. The maximum Gasteiger partial charge on any atom is 0.408 e. The van der Waals surface area contributed by atoms with Gasteiger partial charge < -0.3 is 39.4 Å². The number of hydrogen-bond acceptors (Lipinski definition) is 8. The Labute approximate surface area is 413 Å². The van der Waals surface area contributed by atoms with E-state index in [1.54, 1.807) is 0 Å². The molecule has 71 heavy (non-hydrogen) atoms. The van der Waals surface area contributed by atoms with E-state index in [4.69, 9.17) is 18.9 Å². The zero-order valence-electron chi connectivity index (χ0n) is 39.6. The average Bonchev–Trinajstić information content (AvgIpc) is 4.08. The van der Waals surface area contributed by atoms with Gasteiger partial charge in [-0.15, -0.1) is 0 Å². The lowest BCUT2D eigenvalue weighted by Gasteiger charge is -2.47. The van der Waals surface area contributed by atoms with Crippen molar-refractivity contribution in [2.75, 3.05) is 27.4 Å². The number of nitrogens with zero attached hydrogens (tertiary/aromatic N) is 1. The number of aliphatic hydroxyl groups is 1. The molecule has 2 amide bonds. The summed E-state index contributed by atoms with van der Waals surface area (Å²) in [5.41, 5.74) is 6.83. The van der Waals surface area contributed by atoms with Crippen LogP contribution in [-0.2, 0) is 34.1 Å². The van der Waals surface area contributed by atoms with E-state index in [2.05, 4.69) is 5.32 Å². The Morgan fingerprint density at radius 2 is 1.00 bits per heavy atom. The van der Waals surface area contributed by atoms with Crippen molar-refractivity contribution in [2.45, 2.75) is 66.8 Å². The molecule has 7 aromatic rings. The molecule has 360 valence electrons. The fourth-order valence-corrected chi connectivity index (χ4v) is 11.4. The zero-order valence-corrected chi connectivity index (χ0v) is 39.6. The van der Waals surface area contributed by atoms with Crippen LogP contribution in [0.1, 0.15) is 76.5 Å². The van der Waals surface area contributed by atoms with Crippen LogP contribution in [-0.4, -0.2) is 84.1 Å². The van der Waals surface area contributed by atoms with E-state index in [0.717, 1.165) is 61.2 Å². The Morgan fingerprint density at radius 1 is 0.592 bits per heavy atom. The number of nitrogens with one attached hydrogen (secondary N) is 1. The van der Waals surface area contributed by atoms with Crippen molar-refractivity contribution >= 4 is 18.0 Å². The maximum absolute atomic E-state index is 15.1. The summed E-state index contributed by atoms with van der Waals surface area (Å²) in [5, 5.41) is 25.8. The monoisotopic (exact) mass is 948 g/mol. The number of carboxylic acid groups (broad SMARTS) is 1. The minimum Gasteiger partial charge on any atom is -0.480 e. The van der Waals surface area contributed by atoms with Crippen molar-refractivity contribution in [1.82, 2.24) is 10.2 Å². The van der Waals surface area contributed by atoms with E-state index < -0.39 is 53.1 Å². The standard InChI is InChI=1S/C60H56N2O9/c1-68-60(69-2,71-59(40-20-6-3-7-21-40,41-22-8-4-9-23-41)42-24-10-5-11-25-42)54-36-43(63)38-62(54)55(64)34-35-58(56(65)66,37-52-48-30-16-12-26-44(48)45-27-13-17-31-49(45)52)61-57(67)70-39-53-50-32-18-14-28-46(50)47-29-15-19-33-51(47)53/h3-33,43,52-54,63H,34-39H2,1-2H3,(H,61,67)(H,65,66)/t43?,54?,58-/m1/s1. The van der Waals surface area contributed by atoms with Gasteiger partial charge in [-0.05, 0) is 74.0 Å². The van der Waals surface area contributed by atoms with E-state index >= 15 is 4.79 Å². The summed E-state index contributed by atoms with van der Waals surface area (Å²) in [5.74, 6) is -4.52. The first kappa shape index (κ1) is 47.3.